The molecule has 8 nitrogen and oxygen atoms in total. The molecule has 0 aliphatic carbocycles. The molecule has 2 heterocycles. The maximum Gasteiger partial charge on any atom is 0.419 e. The van der Waals surface area contributed by atoms with E-state index in [-0.39, 0.29) is 18.8 Å². The number of halogens is 3. The molecule has 0 aliphatic rings. The van der Waals surface area contributed by atoms with Crippen LogP contribution in [-0.4, -0.2) is 30.7 Å². The second-order valence-corrected chi connectivity index (χ2v) is 3.83. The molecule has 0 atom stereocenters. The van der Waals surface area contributed by atoms with Crippen molar-refractivity contribution in [3.8, 4) is 0 Å². The second kappa shape index (κ2) is 5.28. The van der Waals surface area contributed by atoms with Crippen molar-refractivity contribution in [1.29, 1.82) is 0 Å². The Hall–Kier alpha value is -2.43. The quantitative estimate of drug-likeness (QED) is 0.461. The summed E-state index contributed by atoms with van der Waals surface area (Å²) >= 11 is 0. The maximum absolute atomic E-state index is 12.4. The number of hydrogen-bond donors (Lipinski definition) is 2. The predicted molar refractivity (Wildman–Crippen MR) is 58.9 cm³/mol. The van der Waals surface area contributed by atoms with Gasteiger partial charge in [-0.2, -0.15) is 18.3 Å². The molecule has 0 saturated carbocycles. The summed E-state index contributed by atoms with van der Waals surface area (Å²) in [6, 6.07) is 0. The van der Waals surface area contributed by atoms with Gasteiger partial charge in [-0.05, 0) is 0 Å². The largest absolute Gasteiger partial charge is 0.419 e. The Morgan fingerprint density at radius 3 is 2.60 bits per heavy atom. The van der Waals surface area contributed by atoms with Crippen LogP contribution in [0.15, 0.2) is 18.6 Å². The number of amides is 1. The first-order chi connectivity index (χ1) is 9.40. The Labute approximate surface area is 110 Å². The minimum atomic E-state index is -4.42. The highest BCUT2D eigenvalue weighted by atomic mass is 19.4. The van der Waals surface area contributed by atoms with E-state index in [0.717, 1.165) is 17.1 Å². The molecule has 0 saturated heterocycles. The van der Waals surface area contributed by atoms with Gasteiger partial charge in [0.1, 0.15) is 0 Å². The lowest BCUT2D eigenvalue weighted by Gasteiger charge is -2.02. The van der Waals surface area contributed by atoms with E-state index in [1.54, 1.807) is 0 Å². The van der Waals surface area contributed by atoms with Crippen molar-refractivity contribution < 1.29 is 18.0 Å². The molecular formula is C9H10F3N7O. The van der Waals surface area contributed by atoms with Crippen molar-refractivity contribution in [3.05, 3.63) is 29.8 Å². The van der Waals surface area contributed by atoms with Crippen LogP contribution in [0.25, 0.3) is 0 Å². The van der Waals surface area contributed by atoms with Gasteiger partial charge < -0.3 is 0 Å². The number of hydrogen-bond acceptors (Lipinski definition) is 5. The molecule has 0 bridgehead atoms. The first-order valence-corrected chi connectivity index (χ1v) is 5.41. The molecule has 2 rings (SSSR count). The smallest absolute Gasteiger partial charge is 0.289 e. The summed E-state index contributed by atoms with van der Waals surface area (Å²) in [5.41, 5.74) is 1.09. The van der Waals surface area contributed by atoms with Crippen molar-refractivity contribution in [2.45, 2.75) is 19.3 Å². The van der Waals surface area contributed by atoms with E-state index < -0.39 is 17.6 Å². The highest BCUT2D eigenvalue weighted by Crippen LogP contribution is 2.28. The van der Waals surface area contributed by atoms with Crippen molar-refractivity contribution >= 4 is 5.91 Å². The third-order valence-corrected chi connectivity index (χ3v) is 2.42. The zero-order chi connectivity index (χ0) is 14.8. The normalized spacial score (nSPS) is 11.6. The number of nitrogen functional groups attached to an aromatic ring is 1. The van der Waals surface area contributed by atoms with Gasteiger partial charge in [0.15, 0.2) is 5.69 Å². The lowest BCUT2D eigenvalue weighted by atomic mass is 10.4. The second-order valence-electron chi connectivity index (χ2n) is 3.83. The Balaban J connectivity index is 1.97. The van der Waals surface area contributed by atoms with Crippen LogP contribution < -0.4 is 11.3 Å². The molecule has 0 radical (unpaired) electrons. The van der Waals surface area contributed by atoms with Gasteiger partial charge in [-0.3, -0.25) is 14.9 Å². The van der Waals surface area contributed by atoms with Gasteiger partial charge in [-0.15, -0.1) is 5.10 Å². The summed E-state index contributed by atoms with van der Waals surface area (Å²) < 4.78 is 39.5. The molecule has 108 valence electrons. The van der Waals surface area contributed by atoms with Crippen LogP contribution in [0, 0.1) is 0 Å². The van der Waals surface area contributed by atoms with Gasteiger partial charge in [0.25, 0.3) is 5.91 Å². The Morgan fingerprint density at radius 1 is 1.30 bits per heavy atom. The molecule has 2 aromatic heterocycles. The Kier molecular flexibility index (Phi) is 3.70. The number of aromatic nitrogens is 5. The van der Waals surface area contributed by atoms with E-state index in [9.17, 15) is 18.0 Å². The summed E-state index contributed by atoms with van der Waals surface area (Å²) in [6.07, 6.45) is -1.45. The van der Waals surface area contributed by atoms with E-state index in [0.29, 0.717) is 0 Å². The minimum absolute atomic E-state index is 0.0175. The van der Waals surface area contributed by atoms with Crippen LogP contribution in [0.4, 0.5) is 13.2 Å². The van der Waals surface area contributed by atoms with Crippen molar-refractivity contribution in [1.82, 2.24) is 30.2 Å². The van der Waals surface area contributed by atoms with Crippen LogP contribution in [0.2, 0.25) is 0 Å². The van der Waals surface area contributed by atoms with Crippen molar-refractivity contribution in [3.63, 3.8) is 0 Å². The van der Waals surface area contributed by atoms with Gasteiger partial charge in [-0.1, -0.05) is 5.21 Å². The molecule has 2 aromatic rings. The molecular weight excluding hydrogens is 279 g/mol. The average molecular weight is 289 g/mol. The van der Waals surface area contributed by atoms with E-state index in [1.165, 1.54) is 10.9 Å². The molecule has 0 aromatic carbocycles. The van der Waals surface area contributed by atoms with Crippen molar-refractivity contribution in [2.24, 2.45) is 5.84 Å². The monoisotopic (exact) mass is 289 g/mol. The van der Waals surface area contributed by atoms with Crippen LogP contribution in [0.1, 0.15) is 16.1 Å². The van der Waals surface area contributed by atoms with E-state index in [4.69, 9.17) is 5.84 Å². The lowest BCUT2D eigenvalue weighted by Crippen LogP contribution is -2.30. The molecule has 0 spiro atoms. The summed E-state index contributed by atoms with van der Waals surface area (Å²) in [7, 11) is 0. The summed E-state index contributed by atoms with van der Waals surface area (Å²) in [4.78, 5) is 11.1. The predicted octanol–water partition coefficient (Wildman–Crippen LogP) is -0.203. The van der Waals surface area contributed by atoms with Crippen LogP contribution in [-0.2, 0) is 19.3 Å². The summed E-state index contributed by atoms with van der Waals surface area (Å²) in [6.45, 7) is 0.368. The van der Waals surface area contributed by atoms with Gasteiger partial charge in [0.2, 0.25) is 0 Å². The first-order valence-electron chi connectivity index (χ1n) is 5.41. The fourth-order valence-electron chi connectivity index (χ4n) is 1.42. The third kappa shape index (κ3) is 3.12. The molecule has 20 heavy (non-hydrogen) atoms. The Bertz CT molecular complexity index is 603. The average Bonchev–Trinajstić information content (AvgIpc) is 3.03. The lowest BCUT2D eigenvalue weighted by molar-refractivity contribution is -0.137. The summed E-state index contributed by atoms with van der Waals surface area (Å²) in [5.74, 6) is 4.32. The zero-order valence-electron chi connectivity index (χ0n) is 10.0. The number of rotatable bonds is 4. The molecule has 11 heteroatoms. The minimum Gasteiger partial charge on any atom is -0.289 e. The van der Waals surface area contributed by atoms with Gasteiger partial charge >= 0.3 is 6.18 Å². The fraction of sp³-hybridized carbons (Fsp3) is 0.333. The first kappa shape index (κ1) is 14.0. The number of carbonyl (C=O) groups is 1. The number of nitrogens with one attached hydrogen (secondary N) is 1. The number of aryl methyl sites for hydroxylation is 2. The maximum atomic E-state index is 12.4. The number of nitrogens with two attached hydrogens (primary N) is 1. The molecule has 0 fully saturated rings. The van der Waals surface area contributed by atoms with Gasteiger partial charge in [0, 0.05) is 6.20 Å². The Morgan fingerprint density at radius 2 is 2.00 bits per heavy atom. The number of alkyl halides is 3. The van der Waals surface area contributed by atoms with Crippen LogP contribution >= 0.6 is 0 Å². The van der Waals surface area contributed by atoms with Gasteiger partial charge in [0.05, 0.1) is 31.0 Å². The molecule has 0 unspecified atom stereocenters. The standard InChI is InChI=1S/C9H10F3N7O/c10-9(11,12)6-3-14-18(4-6)1-2-19-5-7(16-17-19)8(20)15-13/h3-5H,1-2,13H2,(H,15,20). The van der Waals surface area contributed by atoms with Crippen LogP contribution in [0.5, 0.6) is 0 Å². The van der Waals surface area contributed by atoms with E-state index in [2.05, 4.69) is 15.4 Å². The van der Waals surface area contributed by atoms with Gasteiger partial charge in [-0.25, -0.2) is 10.5 Å². The number of carbonyl (C=O) groups excluding carboxylic acids is 1. The SMILES string of the molecule is NNC(=O)c1cn(CCn2cc(C(F)(F)F)cn2)nn1. The highest BCUT2D eigenvalue weighted by molar-refractivity contribution is 5.91. The summed E-state index contributed by atoms with van der Waals surface area (Å²) in [5, 5.41) is 10.8. The fourth-order valence-corrected chi connectivity index (χ4v) is 1.42. The number of nitrogens with zero attached hydrogens (tertiary/aromatic N) is 5. The van der Waals surface area contributed by atoms with E-state index in [1.807, 2.05) is 5.43 Å². The molecule has 0 aliphatic heterocycles. The van der Waals surface area contributed by atoms with Crippen molar-refractivity contribution in [2.75, 3.05) is 0 Å². The molecule has 1 amide bonds. The third-order valence-electron chi connectivity index (χ3n) is 2.42. The number of hydrazine groups is 1. The van der Waals surface area contributed by atoms with E-state index >= 15 is 0 Å². The zero-order valence-corrected chi connectivity index (χ0v) is 10.0. The highest BCUT2D eigenvalue weighted by Gasteiger charge is 2.32. The molecule has 3 N–H and O–H groups in total. The van der Waals surface area contributed by atoms with Crippen LogP contribution in [0.3, 0.4) is 0 Å². The topological polar surface area (TPSA) is 104 Å².